The SMILES string of the molecule is Cc1ccc(SCc2nc(C)c(C)[nH]2)cc1C. The van der Waals surface area contributed by atoms with Crippen LogP contribution < -0.4 is 0 Å². The van der Waals surface area contributed by atoms with Crippen molar-refractivity contribution in [2.24, 2.45) is 0 Å². The van der Waals surface area contributed by atoms with Gasteiger partial charge in [-0.3, -0.25) is 0 Å². The summed E-state index contributed by atoms with van der Waals surface area (Å²) in [5, 5.41) is 0. The van der Waals surface area contributed by atoms with E-state index in [1.54, 1.807) is 0 Å². The number of aromatic nitrogens is 2. The second-order valence-electron chi connectivity index (χ2n) is 4.43. The van der Waals surface area contributed by atoms with E-state index in [4.69, 9.17) is 0 Å². The van der Waals surface area contributed by atoms with E-state index in [-0.39, 0.29) is 0 Å². The normalized spacial score (nSPS) is 10.8. The number of imidazole rings is 1. The predicted molar refractivity (Wildman–Crippen MR) is 73.5 cm³/mol. The van der Waals surface area contributed by atoms with Gasteiger partial charge in [-0.1, -0.05) is 6.07 Å². The molecule has 2 rings (SSSR count). The molecule has 2 nitrogen and oxygen atoms in total. The summed E-state index contributed by atoms with van der Waals surface area (Å²) >= 11 is 1.82. The summed E-state index contributed by atoms with van der Waals surface area (Å²) in [5.41, 5.74) is 4.96. The van der Waals surface area contributed by atoms with Gasteiger partial charge in [0.25, 0.3) is 0 Å². The van der Waals surface area contributed by atoms with Crippen molar-refractivity contribution >= 4 is 11.8 Å². The van der Waals surface area contributed by atoms with E-state index in [0.717, 1.165) is 17.3 Å². The molecule has 0 radical (unpaired) electrons. The van der Waals surface area contributed by atoms with Crippen molar-refractivity contribution < 1.29 is 0 Å². The first-order valence-corrected chi connectivity index (χ1v) is 6.77. The quantitative estimate of drug-likeness (QED) is 0.831. The molecule has 0 aliphatic heterocycles. The Balaban J connectivity index is 2.04. The fourth-order valence-electron chi connectivity index (χ4n) is 1.64. The minimum Gasteiger partial charge on any atom is -0.345 e. The number of nitrogens with zero attached hydrogens (tertiary/aromatic N) is 1. The number of H-pyrrole nitrogens is 1. The van der Waals surface area contributed by atoms with Gasteiger partial charge in [-0.05, 0) is 51.0 Å². The lowest BCUT2D eigenvalue weighted by atomic mass is 10.1. The van der Waals surface area contributed by atoms with Crippen LogP contribution in [0, 0.1) is 27.7 Å². The van der Waals surface area contributed by atoms with E-state index in [2.05, 4.69) is 48.9 Å². The highest BCUT2D eigenvalue weighted by molar-refractivity contribution is 7.98. The zero-order valence-electron chi connectivity index (χ0n) is 10.8. The second-order valence-corrected chi connectivity index (χ2v) is 5.48. The molecule has 1 aromatic carbocycles. The molecule has 0 fully saturated rings. The van der Waals surface area contributed by atoms with Crippen LogP contribution in [0.5, 0.6) is 0 Å². The molecule has 0 unspecified atom stereocenters. The monoisotopic (exact) mass is 246 g/mol. The van der Waals surface area contributed by atoms with Gasteiger partial charge in [0.1, 0.15) is 5.82 Å². The number of nitrogens with one attached hydrogen (secondary N) is 1. The first kappa shape index (κ1) is 12.2. The smallest absolute Gasteiger partial charge is 0.116 e. The highest BCUT2D eigenvalue weighted by Crippen LogP contribution is 2.24. The fourth-order valence-corrected chi connectivity index (χ4v) is 2.51. The Hall–Kier alpha value is -1.22. The highest BCUT2D eigenvalue weighted by Gasteiger charge is 2.03. The summed E-state index contributed by atoms with van der Waals surface area (Å²) in [7, 11) is 0. The maximum atomic E-state index is 4.49. The van der Waals surface area contributed by atoms with Crippen LogP contribution in [0.2, 0.25) is 0 Å². The molecular formula is C14H18N2S. The molecule has 0 aliphatic rings. The fraction of sp³-hybridized carbons (Fsp3) is 0.357. The molecule has 17 heavy (non-hydrogen) atoms. The maximum absolute atomic E-state index is 4.49. The summed E-state index contributed by atoms with van der Waals surface area (Å²) < 4.78 is 0. The number of rotatable bonds is 3. The van der Waals surface area contributed by atoms with Crippen molar-refractivity contribution in [3.63, 3.8) is 0 Å². The molecule has 1 N–H and O–H groups in total. The molecule has 0 spiro atoms. The average Bonchev–Trinajstić information content (AvgIpc) is 2.60. The molecule has 1 heterocycles. The van der Waals surface area contributed by atoms with Crippen molar-refractivity contribution in [1.82, 2.24) is 9.97 Å². The number of benzene rings is 1. The Kier molecular flexibility index (Phi) is 3.57. The standard InChI is InChI=1S/C14H18N2S/c1-9-5-6-13(7-10(9)2)17-8-14-15-11(3)12(4)16-14/h5-7H,8H2,1-4H3,(H,15,16). The largest absolute Gasteiger partial charge is 0.345 e. The van der Waals surface area contributed by atoms with Gasteiger partial charge in [0.05, 0.1) is 11.4 Å². The highest BCUT2D eigenvalue weighted by atomic mass is 32.2. The number of aryl methyl sites for hydroxylation is 4. The molecule has 0 saturated heterocycles. The van der Waals surface area contributed by atoms with Crippen molar-refractivity contribution in [2.75, 3.05) is 0 Å². The van der Waals surface area contributed by atoms with Crippen LogP contribution in [0.1, 0.15) is 28.3 Å². The molecule has 3 heteroatoms. The first-order valence-electron chi connectivity index (χ1n) is 5.78. The van der Waals surface area contributed by atoms with Crippen LogP contribution in [0.25, 0.3) is 0 Å². The van der Waals surface area contributed by atoms with Crippen LogP contribution >= 0.6 is 11.8 Å². The van der Waals surface area contributed by atoms with Crippen LogP contribution in [0.15, 0.2) is 23.1 Å². The van der Waals surface area contributed by atoms with Crippen molar-refractivity contribution in [2.45, 2.75) is 38.3 Å². The Bertz CT molecular complexity index is 510. The molecule has 1 aromatic heterocycles. The molecule has 0 amide bonds. The second kappa shape index (κ2) is 4.96. The number of thioether (sulfide) groups is 1. The number of hydrogen-bond acceptors (Lipinski definition) is 2. The third-order valence-corrected chi connectivity index (χ3v) is 4.04. The van der Waals surface area contributed by atoms with Gasteiger partial charge in [-0.25, -0.2) is 4.98 Å². The van der Waals surface area contributed by atoms with Crippen LogP contribution in [0.4, 0.5) is 0 Å². The lowest BCUT2D eigenvalue weighted by Crippen LogP contribution is -1.85. The Labute approximate surface area is 107 Å². The maximum Gasteiger partial charge on any atom is 0.116 e. The summed E-state index contributed by atoms with van der Waals surface area (Å²) in [5.74, 6) is 1.96. The third kappa shape index (κ3) is 2.91. The van der Waals surface area contributed by atoms with Crippen molar-refractivity contribution in [3.8, 4) is 0 Å². The average molecular weight is 246 g/mol. The van der Waals surface area contributed by atoms with Gasteiger partial charge in [-0.15, -0.1) is 11.8 Å². The van der Waals surface area contributed by atoms with Gasteiger partial charge in [-0.2, -0.15) is 0 Å². The Morgan fingerprint density at radius 1 is 1.12 bits per heavy atom. The molecule has 0 atom stereocenters. The molecule has 0 saturated carbocycles. The molecular weight excluding hydrogens is 228 g/mol. The predicted octanol–water partition coefficient (Wildman–Crippen LogP) is 3.94. The number of aromatic amines is 1. The van der Waals surface area contributed by atoms with Gasteiger partial charge in [0.15, 0.2) is 0 Å². The summed E-state index contributed by atoms with van der Waals surface area (Å²) in [6.45, 7) is 8.40. The third-order valence-electron chi connectivity index (χ3n) is 3.03. The van der Waals surface area contributed by atoms with E-state index in [0.29, 0.717) is 0 Å². The van der Waals surface area contributed by atoms with Crippen LogP contribution in [-0.2, 0) is 5.75 Å². The summed E-state index contributed by atoms with van der Waals surface area (Å²) in [6, 6.07) is 6.59. The van der Waals surface area contributed by atoms with Gasteiger partial charge >= 0.3 is 0 Å². The van der Waals surface area contributed by atoms with E-state index in [1.165, 1.54) is 21.7 Å². The zero-order valence-corrected chi connectivity index (χ0v) is 11.6. The summed E-state index contributed by atoms with van der Waals surface area (Å²) in [4.78, 5) is 9.10. The Morgan fingerprint density at radius 3 is 2.47 bits per heavy atom. The first-order chi connectivity index (χ1) is 8.06. The molecule has 0 aliphatic carbocycles. The number of hydrogen-bond donors (Lipinski definition) is 1. The minimum absolute atomic E-state index is 0.900. The van der Waals surface area contributed by atoms with E-state index in [1.807, 2.05) is 18.7 Å². The van der Waals surface area contributed by atoms with Crippen LogP contribution in [-0.4, -0.2) is 9.97 Å². The molecule has 2 aromatic rings. The van der Waals surface area contributed by atoms with Crippen LogP contribution in [0.3, 0.4) is 0 Å². The molecule has 0 bridgehead atoms. The van der Waals surface area contributed by atoms with Crippen molar-refractivity contribution in [3.05, 3.63) is 46.5 Å². The van der Waals surface area contributed by atoms with Crippen molar-refractivity contribution in [1.29, 1.82) is 0 Å². The van der Waals surface area contributed by atoms with E-state index >= 15 is 0 Å². The molecule has 90 valence electrons. The topological polar surface area (TPSA) is 28.7 Å². The van der Waals surface area contributed by atoms with E-state index in [9.17, 15) is 0 Å². The Morgan fingerprint density at radius 2 is 1.88 bits per heavy atom. The zero-order chi connectivity index (χ0) is 12.4. The lowest BCUT2D eigenvalue weighted by Gasteiger charge is -2.03. The van der Waals surface area contributed by atoms with Gasteiger partial charge in [0, 0.05) is 10.6 Å². The van der Waals surface area contributed by atoms with Gasteiger partial charge < -0.3 is 4.98 Å². The van der Waals surface area contributed by atoms with E-state index < -0.39 is 0 Å². The van der Waals surface area contributed by atoms with Gasteiger partial charge in [0.2, 0.25) is 0 Å². The lowest BCUT2D eigenvalue weighted by molar-refractivity contribution is 1.10. The summed E-state index contributed by atoms with van der Waals surface area (Å²) in [6.07, 6.45) is 0. The minimum atomic E-state index is 0.900.